The van der Waals surface area contributed by atoms with Gasteiger partial charge in [0.25, 0.3) is 10.1 Å². The summed E-state index contributed by atoms with van der Waals surface area (Å²) >= 11 is 0. The average Bonchev–Trinajstić information content (AvgIpc) is 2.70. The summed E-state index contributed by atoms with van der Waals surface area (Å²) in [5.74, 6) is 2.38. The fourth-order valence-corrected chi connectivity index (χ4v) is 2.88. The van der Waals surface area contributed by atoms with Crippen LogP contribution in [0.25, 0.3) is 0 Å². The monoisotopic (exact) mass is 430 g/mol. The SMILES string of the molecule is C#CCOCCOCCOCCOCCOCCOS(=O)(=O)c1ccc(C)cc1. The van der Waals surface area contributed by atoms with Crippen LogP contribution in [-0.2, 0) is 38.0 Å². The van der Waals surface area contributed by atoms with Gasteiger partial charge in [0, 0.05) is 0 Å². The highest BCUT2D eigenvalue weighted by Gasteiger charge is 2.14. The van der Waals surface area contributed by atoms with Crippen molar-refractivity contribution in [3.8, 4) is 12.3 Å². The minimum Gasteiger partial charge on any atom is -0.377 e. The van der Waals surface area contributed by atoms with Crippen LogP contribution in [0.4, 0.5) is 0 Å². The second-order valence-electron chi connectivity index (χ2n) is 5.80. The van der Waals surface area contributed by atoms with Gasteiger partial charge >= 0.3 is 0 Å². The summed E-state index contributed by atoms with van der Waals surface area (Å²) in [5.41, 5.74) is 0.980. The second-order valence-corrected chi connectivity index (χ2v) is 7.41. The van der Waals surface area contributed by atoms with E-state index in [1.165, 1.54) is 12.1 Å². The number of aryl methyl sites for hydroxylation is 1. The van der Waals surface area contributed by atoms with Crippen LogP contribution in [0.5, 0.6) is 0 Å². The van der Waals surface area contributed by atoms with Crippen LogP contribution in [0, 0.1) is 19.3 Å². The Labute approximate surface area is 173 Å². The molecule has 0 aliphatic rings. The van der Waals surface area contributed by atoms with Crippen molar-refractivity contribution in [3.05, 3.63) is 29.8 Å². The van der Waals surface area contributed by atoms with Gasteiger partial charge in [-0.2, -0.15) is 8.42 Å². The van der Waals surface area contributed by atoms with Crippen molar-refractivity contribution in [2.75, 3.05) is 72.7 Å². The summed E-state index contributed by atoms with van der Waals surface area (Å²) in [6.07, 6.45) is 5.05. The third-order valence-electron chi connectivity index (χ3n) is 3.45. The highest BCUT2D eigenvalue weighted by atomic mass is 32.2. The molecule has 1 aromatic rings. The van der Waals surface area contributed by atoms with Crippen molar-refractivity contribution in [1.82, 2.24) is 0 Å². The molecular formula is C20H30O8S. The molecule has 0 unspecified atom stereocenters. The minimum atomic E-state index is -3.75. The molecule has 0 aromatic heterocycles. The van der Waals surface area contributed by atoms with Crippen molar-refractivity contribution >= 4 is 10.1 Å². The molecule has 29 heavy (non-hydrogen) atoms. The van der Waals surface area contributed by atoms with Gasteiger partial charge in [0.1, 0.15) is 6.61 Å². The Kier molecular flexibility index (Phi) is 14.4. The molecule has 0 amide bonds. The van der Waals surface area contributed by atoms with E-state index in [0.717, 1.165) is 5.56 Å². The predicted octanol–water partition coefficient (Wildman–Crippen LogP) is 1.42. The molecule has 9 heteroatoms. The van der Waals surface area contributed by atoms with E-state index in [1.54, 1.807) is 12.1 Å². The number of ether oxygens (including phenoxy) is 5. The average molecular weight is 431 g/mol. The van der Waals surface area contributed by atoms with E-state index >= 15 is 0 Å². The van der Waals surface area contributed by atoms with Crippen LogP contribution < -0.4 is 0 Å². The molecule has 0 bridgehead atoms. The minimum absolute atomic E-state index is 0.0485. The smallest absolute Gasteiger partial charge is 0.297 e. The van der Waals surface area contributed by atoms with Crippen LogP contribution in [-0.4, -0.2) is 81.1 Å². The topological polar surface area (TPSA) is 89.5 Å². The van der Waals surface area contributed by atoms with Gasteiger partial charge in [-0.05, 0) is 19.1 Å². The summed E-state index contributed by atoms with van der Waals surface area (Å²) in [5, 5.41) is 0. The van der Waals surface area contributed by atoms with E-state index in [9.17, 15) is 8.42 Å². The molecule has 1 aromatic carbocycles. The Bertz CT molecular complexity index is 667. The van der Waals surface area contributed by atoms with Gasteiger partial charge in [-0.3, -0.25) is 4.18 Å². The third kappa shape index (κ3) is 13.4. The largest absolute Gasteiger partial charge is 0.377 e. The van der Waals surface area contributed by atoms with Gasteiger partial charge in [0.15, 0.2) is 0 Å². The lowest BCUT2D eigenvalue weighted by molar-refractivity contribution is -0.0109. The Hall–Kier alpha value is -1.51. The van der Waals surface area contributed by atoms with E-state index in [4.69, 9.17) is 34.3 Å². The maximum absolute atomic E-state index is 12.0. The van der Waals surface area contributed by atoms with Crippen molar-refractivity contribution < 1.29 is 36.3 Å². The van der Waals surface area contributed by atoms with Crippen molar-refractivity contribution in [2.24, 2.45) is 0 Å². The zero-order valence-electron chi connectivity index (χ0n) is 16.8. The maximum Gasteiger partial charge on any atom is 0.297 e. The third-order valence-corrected chi connectivity index (χ3v) is 4.78. The summed E-state index contributed by atoms with van der Waals surface area (Å²) in [4.78, 5) is 0.133. The van der Waals surface area contributed by atoms with E-state index in [1.807, 2.05) is 6.92 Å². The zero-order valence-corrected chi connectivity index (χ0v) is 17.7. The van der Waals surface area contributed by atoms with Crippen molar-refractivity contribution in [1.29, 1.82) is 0 Å². The standard InChI is InChI=1S/C20H30O8S/c1-3-8-23-9-10-24-11-12-25-13-14-26-15-16-27-17-18-28-29(21,22)20-6-4-19(2)5-7-20/h1,4-7H,8-18H2,2H3. The van der Waals surface area contributed by atoms with Gasteiger partial charge in [0.2, 0.25) is 0 Å². The fraction of sp³-hybridized carbons (Fsp3) is 0.600. The van der Waals surface area contributed by atoms with Gasteiger partial charge < -0.3 is 23.7 Å². The molecule has 0 atom stereocenters. The van der Waals surface area contributed by atoms with Gasteiger partial charge in [0.05, 0.1) is 71.0 Å². The summed E-state index contributed by atoms with van der Waals surface area (Å²) in [6, 6.07) is 6.48. The number of rotatable bonds is 18. The van der Waals surface area contributed by atoms with Crippen LogP contribution >= 0.6 is 0 Å². The van der Waals surface area contributed by atoms with Crippen molar-refractivity contribution in [3.63, 3.8) is 0 Å². The normalized spacial score (nSPS) is 11.4. The molecule has 164 valence electrons. The second kappa shape index (κ2) is 16.3. The predicted molar refractivity (Wildman–Crippen MR) is 107 cm³/mol. The zero-order chi connectivity index (χ0) is 21.2. The van der Waals surface area contributed by atoms with Gasteiger partial charge in [-0.1, -0.05) is 23.6 Å². The molecule has 0 fully saturated rings. The molecule has 0 N–H and O–H groups in total. The first-order chi connectivity index (χ1) is 14.1. The Morgan fingerprint density at radius 3 is 1.59 bits per heavy atom. The number of terminal acetylenes is 1. The molecule has 1 rings (SSSR count). The molecule has 0 spiro atoms. The van der Waals surface area contributed by atoms with E-state index in [0.29, 0.717) is 59.5 Å². The maximum atomic E-state index is 12.0. The summed E-state index contributed by atoms with van der Waals surface area (Å²) in [7, 11) is -3.75. The van der Waals surface area contributed by atoms with Crippen LogP contribution in [0.2, 0.25) is 0 Å². The van der Waals surface area contributed by atoms with Gasteiger partial charge in [-0.15, -0.1) is 6.42 Å². The highest BCUT2D eigenvalue weighted by Crippen LogP contribution is 2.12. The van der Waals surface area contributed by atoms with E-state index in [2.05, 4.69) is 5.92 Å². The Morgan fingerprint density at radius 1 is 0.724 bits per heavy atom. The summed E-state index contributed by atoms with van der Waals surface area (Å²) in [6.45, 7) is 5.81. The van der Waals surface area contributed by atoms with Crippen LogP contribution in [0.1, 0.15) is 5.56 Å². The van der Waals surface area contributed by atoms with E-state index in [-0.39, 0.29) is 18.1 Å². The molecule has 0 heterocycles. The molecular weight excluding hydrogens is 400 g/mol. The van der Waals surface area contributed by atoms with Crippen molar-refractivity contribution in [2.45, 2.75) is 11.8 Å². The highest BCUT2D eigenvalue weighted by molar-refractivity contribution is 7.86. The molecule has 0 saturated heterocycles. The lowest BCUT2D eigenvalue weighted by atomic mass is 10.2. The molecule has 0 radical (unpaired) electrons. The molecule has 0 saturated carbocycles. The van der Waals surface area contributed by atoms with Crippen LogP contribution in [0.15, 0.2) is 29.2 Å². The fourth-order valence-electron chi connectivity index (χ4n) is 1.99. The molecule has 8 nitrogen and oxygen atoms in total. The molecule has 0 aliphatic heterocycles. The first kappa shape index (κ1) is 25.5. The lowest BCUT2D eigenvalue weighted by Crippen LogP contribution is -2.15. The first-order valence-corrected chi connectivity index (χ1v) is 10.8. The van der Waals surface area contributed by atoms with E-state index < -0.39 is 10.1 Å². The number of hydrogen-bond acceptors (Lipinski definition) is 8. The molecule has 0 aliphatic carbocycles. The van der Waals surface area contributed by atoms with Gasteiger partial charge in [-0.25, -0.2) is 0 Å². The number of hydrogen-bond donors (Lipinski definition) is 0. The van der Waals surface area contributed by atoms with Crippen LogP contribution in [0.3, 0.4) is 0 Å². The quantitative estimate of drug-likeness (QED) is 0.196. The summed E-state index contributed by atoms with van der Waals surface area (Å²) < 4.78 is 55.2. The Morgan fingerprint density at radius 2 is 1.14 bits per heavy atom. The number of benzene rings is 1. The first-order valence-electron chi connectivity index (χ1n) is 9.34. The Balaban J connectivity index is 1.87. The lowest BCUT2D eigenvalue weighted by Gasteiger charge is -2.08.